The molecule has 0 bridgehead atoms. The fraction of sp³-hybridized carbons (Fsp3) is 0.391. The molecule has 2 aromatic rings. The molecule has 6 nitrogen and oxygen atoms in total. The summed E-state index contributed by atoms with van der Waals surface area (Å²) in [5, 5.41) is 13.2. The van der Waals surface area contributed by atoms with Crippen molar-refractivity contribution in [2.45, 2.75) is 46.3 Å². The second-order valence-electron chi connectivity index (χ2n) is 7.96. The molecule has 2 atom stereocenters. The maximum atomic E-state index is 13.0. The van der Waals surface area contributed by atoms with Crippen molar-refractivity contribution in [3.63, 3.8) is 0 Å². The summed E-state index contributed by atoms with van der Waals surface area (Å²) in [6.45, 7) is 9.41. The molecule has 2 aromatic carbocycles. The smallest absolute Gasteiger partial charge is 0.325 e. The number of urea groups is 1. The fourth-order valence-electron chi connectivity index (χ4n) is 3.54. The number of β-amino-alcohol motifs (C(OH)–C–C–N with tert-alkyl or cyclic N) is 1. The Hall–Kier alpha value is -2.86. The van der Waals surface area contributed by atoms with Crippen LogP contribution in [0.4, 0.5) is 4.79 Å². The second kappa shape index (κ2) is 7.87. The minimum atomic E-state index is -1.14. The van der Waals surface area contributed by atoms with Gasteiger partial charge in [-0.05, 0) is 56.9 Å². The predicted molar refractivity (Wildman–Crippen MR) is 111 cm³/mol. The Balaban J connectivity index is 1.69. The van der Waals surface area contributed by atoms with Crippen molar-refractivity contribution in [1.29, 1.82) is 0 Å². The number of nitrogens with one attached hydrogen (secondary N) is 1. The van der Waals surface area contributed by atoms with Gasteiger partial charge in [0.2, 0.25) is 0 Å². The first-order valence-electron chi connectivity index (χ1n) is 9.72. The highest BCUT2D eigenvalue weighted by atomic mass is 16.5. The Morgan fingerprint density at radius 3 is 2.31 bits per heavy atom. The summed E-state index contributed by atoms with van der Waals surface area (Å²) in [7, 11) is 0. The van der Waals surface area contributed by atoms with Gasteiger partial charge in [-0.15, -0.1) is 0 Å². The third-order valence-electron chi connectivity index (χ3n) is 5.59. The summed E-state index contributed by atoms with van der Waals surface area (Å²) in [4.78, 5) is 26.5. The van der Waals surface area contributed by atoms with Gasteiger partial charge in [-0.2, -0.15) is 0 Å². The molecular formula is C23H28N2O4. The number of aliphatic hydroxyl groups excluding tert-OH is 1. The van der Waals surface area contributed by atoms with Crippen LogP contribution in [0.1, 0.15) is 34.7 Å². The molecule has 0 radical (unpaired) electrons. The van der Waals surface area contributed by atoms with Crippen LogP contribution in [0.25, 0.3) is 0 Å². The Morgan fingerprint density at radius 2 is 1.66 bits per heavy atom. The number of ether oxygens (including phenoxy) is 1. The average Bonchev–Trinajstić information content (AvgIpc) is 2.89. The number of hydrogen-bond acceptors (Lipinski definition) is 4. The van der Waals surface area contributed by atoms with Crippen molar-refractivity contribution in [2.75, 3.05) is 13.2 Å². The van der Waals surface area contributed by atoms with E-state index in [0.29, 0.717) is 5.56 Å². The van der Waals surface area contributed by atoms with Crippen molar-refractivity contribution in [3.8, 4) is 5.75 Å². The lowest BCUT2D eigenvalue weighted by Gasteiger charge is -2.23. The predicted octanol–water partition coefficient (Wildman–Crippen LogP) is 3.13. The van der Waals surface area contributed by atoms with Crippen LogP contribution in [0.5, 0.6) is 5.75 Å². The summed E-state index contributed by atoms with van der Waals surface area (Å²) in [6, 6.07) is 10.9. The second-order valence-corrected chi connectivity index (χ2v) is 7.96. The van der Waals surface area contributed by atoms with Gasteiger partial charge in [0.25, 0.3) is 5.91 Å². The summed E-state index contributed by atoms with van der Waals surface area (Å²) >= 11 is 0. The SMILES string of the molecule is Cc1ccc([C@]2(C)NC(=O)N(C[C@H](O)COc3c(C)ccc(C)c3C)C2=O)cc1. The van der Waals surface area contributed by atoms with Crippen molar-refractivity contribution in [1.82, 2.24) is 10.2 Å². The van der Waals surface area contributed by atoms with E-state index in [1.54, 1.807) is 6.92 Å². The van der Waals surface area contributed by atoms with E-state index in [4.69, 9.17) is 4.74 Å². The van der Waals surface area contributed by atoms with Crippen molar-refractivity contribution < 1.29 is 19.4 Å². The number of carbonyl (C=O) groups is 2. The minimum absolute atomic E-state index is 0.0105. The van der Waals surface area contributed by atoms with Crippen LogP contribution in [0.3, 0.4) is 0 Å². The topological polar surface area (TPSA) is 78.9 Å². The van der Waals surface area contributed by atoms with Crippen LogP contribution in [-0.4, -0.2) is 41.2 Å². The van der Waals surface area contributed by atoms with Crippen molar-refractivity contribution in [3.05, 3.63) is 64.2 Å². The highest BCUT2D eigenvalue weighted by molar-refractivity contribution is 6.07. The molecule has 1 fully saturated rings. The molecule has 6 heteroatoms. The highest BCUT2D eigenvalue weighted by Gasteiger charge is 2.49. The number of hydrogen-bond donors (Lipinski definition) is 2. The van der Waals surface area contributed by atoms with E-state index in [-0.39, 0.29) is 19.1 Å². The van der Waals surface area contributed by atoms with Gasteiger partial charge in [0.1, 0.15) is 24.0 Å². The Morgan fingerprint density at radius 1 is 1.03 bits per heavy atom. The summed E-state index contributed by atoms with van der Waals surface area (Å²) in [6.07, 6.45) is -0.996. The molecule has 1 aliphatic heterocycles. The minimum Gasteiger partial charge on any atom is -0.490 e. The van der Waals surface area contributed by atoms with Crippen molar-refractivity contribution in [2.24, 2.45) is 0 Å². The molecule has 0 spiro atoms. The standard InChI is InChI=1S/C23H28N2O4/c1-14-6-10-18(11-7-14)23(5)21(27)25(22(28)24-23)12-19(26)13-29-20-16(3)9-8-15(2)17(20)4/h6-11,19,26H,12-13H2,1-5H3,(H,24,28)/t19-,23-/m0/s1. The maximum absolute atomic E-state index is 13.0. The summed E-state index contributed by atoms with van der Waals surface area (Å²) < 4.78 is 5.82. The van der Waals surface area contributed by atoms with Crippen molar-refractivity contribution >= 4 is 11.9 Å². The molecular weight excluding hydrogens is 368 g/mol. The fourth-order valence-corrected chi connectivity index (χ4v) is 3.54. The Bertz CT molecular complexity index is 939. The number of aryl methyl sites for hydroxylation is 3. The van der Waals surface area contributed by atoms with Gasteiger partial charge in [0.15, 0.2) is 0 Å². The van der Waals surface area contributed by atoms with Crippen LogP contribution in [0.2, 0.25) is 0 Å². The number of amides is 3. The van der Waals surface area contributed by atoms with Crippen LogP contribution < -0.4 is 10.1 Å². The zero-order valence-electron chi connectivity index (χ0n) is 17.6. The lowest BCUT2D eigenvalue weighted by molar-refractivity contribution is -0.132. The third kappa shape index (κ3) is 3.98. The largest absolute Gasteiger partial charge is 0.490 e. The van der Waals surface area contributed by atoms with Crippen LogP contribution in [-0.2, 0) is 10.3 Å². The monoisotopic (exact) mass is 396 g/mol. The average molecular weight is 396 g/mol. The number of rotatable bonds is 6. The first-order valence-corrected chi connectivity index (χ1v) is 9.72. The van der Waals surface area contributed by atoms with Crippen LogP contribution >= 0.6 is 0 Å². The summed E-state index contributed by atoms with van der Waals surface area (Å²) in [5.74, 6) is 0.346. The lowest BCUT2D eigenvalue weighted by atomic mass is 9.91. The van der Waals surface area contributed by atoms with E-state index in [1.807, 2.05) is 64.1 Å². The first kappa shape index (κ1) is 20.9. The number of imide groups is 1. The molecule has 1 saturated heterocycles. The van der Waals surface area contributed by atoms with E-state index in [0.717, 1.165) is 32.9 Å². The molecule has 0 unspecified atom stereocenters. The van der Waals surface area contributed by atoms with E-state index in [9.17, 15) is 14.7 Å². The number of benzene rings is 2. The van der Waals surface area contributed by atoms with Gasteiger partial charge >= 0.3 is 6.03 Å². The number of nitrogens with zero attached hydrogens (tertiary/aromatic N) is 1. The zero-order chi connectivity index (χ0) is 21.3. The van der Waals surface area contributed by atoms with E-state index in [2.05, 4.69) is 5.32 Å². The maximum Gasteiger partial charge on any atom is 0.325 e. The molecule has 154 valence electrons. The summed E-state index contributed by atoms with van der Waals surface area (Å²) in [5.41, 5.74) is 3.72. The third-order valence-corrected chi connectivity index (χ3v) is 5.59. The number of carbonyl (C=O) groups excluding carboxylic acids is 2. The van der Waals surface area contributed by atoms with Crippen LogP contribution in [0, 0.1) is 27.7 Å². The zero-order valence-corrected chi connectivity index (χ0v) is 17.6. The quantitative estimate of drug-likeness (QED) is 0.736. The molecule has 1 heterocycles. The van der Waals surface area contributed by atoms with E-state index >= 15 is 0 Å². The van der Waals surface area contributed by atoms with Gasteiger partial charge in [0.05, 0.1) is 6.54 Å². The molecule has 2 N–H and O–H groups in total. The molecule has 0 saturated carbocycles. The van der Waals surface area contributed by atoms with Gasteiger partial charge in [-0.25, -0.2) is 4.79 Å². The molecule has 3 rings (SSSR count). The molecule has 3 amide bonds. The molecule has 29 heavy (non-hydrogen) atoms. The van der Waals surface area contributed by atoms with Gasteiger partial charge in [-0.1, -0.05) is 42.0 Å². The van der Waals surface area contributed by atoms with Gasteiger partial charge < -0.3 is 15.2 Å². The van der Waals surface area contributed by atoms with Gasteiger partial charge in [-0.3, -0.25) is 9.69 Å². The Labute approximate surface area is 171 Å². The first-order chi connectivity index (χ1) is 13.6. The normalized spacial score (nSPS) is 20.0. The van der Waals surface area contributed by atoms with E-state index < -0.39 is 17.7 Å². The lowest BCUT2D eigenvalue weighted by Crippen LogP contribution is -2.42. The van der Waals surface area contributed by atoms with E-state index in [1.165, 1.54) is 0 Å². The molecule has 0 aliphatic carbocycles. The highest BCUT2D eigenvalue weighted by Crippen LogP contribution is 2.29. The molecule has 0 aromatic heterocycles. The van der Waals surface area contributed by atoms with Gasteiger partial charge in [0, 0.05) is 0 Å². The Kier molecular flexibility index (Phi) is 5.66. The molecule has 1 aliphatic rings. The van der Waals surface area contributed by atoms with Crippen LogP contribution in [0.15, 0.2) is 36.4 Å². The number of aliphatic hydroxyl groups is 1.